The summed E-state index contributed by atoms with van der Waals surface area (Å²) in [7, 11) is 0. The molecule has 0 radical (unpaired) electrons. The summed E-state index contributed by atoms with van der Waals surface area (Å²) in [6, 6.07) is 9.54. The molecule has 1 atom stereocenters. The quantitative estimate of drug-likeness (QED) is 0.784. The van der Waals surface area contributed by atoms with Gasteiger partial charge in [-0.05, 0) is 48.9 Å². The van der Waals surface area contributed by atoms with Crippen LogP contribution in [0.3, 0.4) is 0 Å². The van der Waals surface area contributed by atoms with Gasteiger partial charge in [0.1, 0.15) is 17.1 Å². The highest BCUT2D eigenvalue weighted by Crippen LogP contribution is 2.51. The van der Waals surface area contributed by atoms with Crippen LogP contribution in [0, 0.1) is 22.7 Å². The number of nitrogens with zero attached hydrogens (tertiary/aromatic N) is 4. The first-order valence-corrected chi connectivity index (χ1v) is 9.67. The summed E-state index contributed by atoms with van der Waals surface area (Å²) in [4.78, 5) is 34.4. The van der Waals surface area contributed by atoms with Crippen LogP contribution < -0.4 is 15.5 Å². The first kappa shape index (κ1) is 18.9. The minimum atomic E-state index is -0.865. The molecule has 2 N–H and O–H groups in total. The number of carbonyl (C=O) groups excluding carboxylic acids is 2. The maximum Gasteiger partial charge on any atom is 0.247 e. The molecule has 1 aliphatic heterocycles. The van der Waals surface area contributed by atoms with Crippen molar-refractivity contribution >= 4 is 29.1 Å². The molecule has 1 aliphatic carbocycles. The summed E-state index contributed by atoms with van der Waals surface area (Å²) in [5, 5.41) is 15.6. The van der Waals surface area contributed by atoms with Gasteiger partial charge in [0.05, 0.1) is 6.07 Å². The highest BCUT2D eigenvalue weighted by Gasteiger charge is 2.56. The lowest BCUT2D eigenvalue weighted by molar-refractivity contribution is -0.124. The molecular formula is C21H22N6O2. The van der Waals surface area contributed by atoms with Crippen molar-refractivity contribution in [3.8, 4) is 6.07 Å². The fourth-order valence-electron chi connectivity index (χ4n) is 3.80. The zero-order valence-corrected chi connectivity index (χ0v) is 16.2. The van der Waals surface area contributed by atoms with E-state index in [1.807, 2.05) is 12.1 Å². The second kappa shape index (κ2) is 7.51. The third-order valence-corrected chi connectivity index (χ3v) is 5.51. The number of anilines is 3. The van der Waals surface area contributed by atoms with Crippen molar-refractivity contribution in [2.45, 2.75) is 32.7 Å². The third kappa shape index (κ3) is 3.76. The summed E-state index contributed by atoms with van der Waals surface area (Å²) in [5.74, 6) is 1.14. The van der Waals surface area contributed by atoms with Crippen LogP contribution in [0.4, 0.5) is 17.3 Å². The van der Waals surface area contributed by atoms with Gasteiger partial charge in [-0.1, -0.05) is 0 Å². The van der Waals surface area contributed by atoms with E-state index in [1.54, 1.807) is 29.4 Å². The van der Waals surface area contributed by atoms with Crippen molar-refractivity contribution in [1.29, 1.82) is 5.26 Å². The Morgan fingerprint density at radius 2 is 2.00 bits per heavy atom. The third-order valence-electron chi connectivity index (χ3n) is 5.51. The average molecular weight is 390 g/mol. The molecule has 29 heavy (non-hydrogen) atoms. The van der Waals surface area contributed by atoms with Crippen LogP contribution in [-0.2, 0) is 16.1 Å². The number of nitrogens with one attached hydrogen (secondary N) is 2. The van der Waals surface area contributed by atoms with Gasteiger partial charge < -0.3 is 15.5 Å². The van der Waals surface area contributed by atoms with Gasteiger partial charge in [0.2, 0.25) is 11.8 Å². The molecule has 8 nitrogen and oxygen atoms in total. The fraction of sp³-hybridized carbons (Fsp3) is 0.381. The number of hydrogen-bond acceptors (Lipinski definition) is 6. The number of rotatable bonds is 6. The summed E-state index contributed by atoms with van der Waals surface area (Å²) in [6.45, 7) is 2.43. The first-order chi connectivity index (χ1) is 14.0. The zero-order valence-electron chi connectivity index (χ0n) is 16.2. The van der Waals surface area contributed by atoms with E-state index in [9.17, 15) is 14.9 Å². The predicted molar refractivity (Wildman–Crippen MR) is 107 cm³/mol. The van der Waals surface area contributed by atoms with E-state index < -0.39 is 5.41 Å². The smallest absolute Gasteiger partial charge is 0.247 e. The number of aromatic nitrogens is 2. The highest BCUT2D eigenvalue weighted by molar-refractivity contribution is 6.02. The Balaban J connectivity index is 1.50. The monoisotopic (exact) mass is 390 g/mol. The van der Waals surface area contributed by atoms with Gasteiger partial charge in [-0.3, -0.25) is 9.59 Å². The van der Waals surface area contributed by atoms with E-state index in [2.05, 4.69) is 26.7 Å². The lowest BCUT2D eigenvalue weighted by Crippen LogP contribution is -2.35. The van der Waals surface area contributed by atoms with E-state index in [0.29, 0.717) is 31.1 Å². The molecule has 0 aromatic carbocycles. The molecule has 148 valence electrons. The van der Waals surface area contributed by atoms with Gasteiger partial charge in [0.15, 0.2) is 0 Å². The van der Waals surface area contributed by atoms with Gasteiger partial charge in [-0.25, -0.2) is 9.97 Å². The highest BCUT2D eigenvalue weighted by atomic mass is 16.2. The summed E-state index contributed by atoms with van der Waals surface area (Å²) >= 11 is 0. The predicted octanol–water partition coefficient (Wildman–Crippen LogP) is 2.51. The Morgan fingerprint density at radius 3 is 2.69 bits per heavy atom. The Kier molecular flexibility index (Phi) is 4.89. The standard InChI is InChI=1S/C21H22N6O2/c1-14(28)25-12-15-4-7-23-18(10-15)26-19-11-17(5-8-24-19)27-9-6-21(13-22,20(27)29)16-2-3-16/h4-5,7-8,10-11,16H,2-3,6,9,12H2,1H3,(H,25,28)(H,23,24,26)/t21-/m1/s1. The van der Waals surface area contributed by atoms with Crippen molar-refractivity contribution in [3.05, 3.63) is 42.2 Å². The normalized spacial score (nSPS) is 21.0. The van der Waals surface area contributed by atoms with E-state index in [1.165, 1.54) is 6.92 Å². The van der Waals surface area contributed by atoms with Crippen LogP contribution >= 0.6 is 0 Å². The zero-order chi connectivity index (χ0) is 20.4. The lowest BCUT2D eigenvalue weighted by Gasteiger charge is -2.21. The number of hydrogen-bond donors (Lipinski definition) is 2. The largest absolute Gasteiger partial charge is 0.352 e. The van der Waals surface area contributed by atoms with Crippen LogP contribution in [0.15, 0.2) is 36.7 Å². The van der Waals surface area contributed by atoms with Crippen molar-refractivity contribution in [3.63, 3.8) is 0 Å². The van der Waals surface area contributed by atoms with Crippen LogP contribution in [-0.4, -0.2) is 28.3 Å². The van der Waals surface area contributed by atoms with Crippen molar-refractivity contribution in [2.75, 3.05) is 16.8 Å². The summed E-state index contributed by atoms with van der Waals surface area (Å²) < 4.78 is 0. The number of pyridine rings is 2. The molecule has 0 bridgehead atoms. The fourth-order valence-corrected chi connectivity index (χ4v) is 3.80. The van der Waals surface area contributed by atoms with Gasteiger partial charge in [0.25, 0.3) is 0 Å². The number of amides is 2. The molecule has 0 unspecified atom stereocenters. The molecule has 2 aromatic rings. The van der Waals surface area contributed by atoms with Gasteiger partial charge in [-0.2, -0.15) is 5.26 Å². The molecule has 8 heteroatoms. The maximum absolute atomic E-state index is 13.0. The van der Waals surface area contributed by atoms with Gasteiger partial charge in [0, 0.05) is 44.2 Å². The summed E-state index contributed by atoms with van der Waals surface area (Å²) in [5.41, 5.74) is 0.766. The topological polar surface area (TPSA) is 111 Å². The molecule has 1 saturated heterocycles. The minimum absolute atomic E-state index is 0.0967. The van der Waals surface area contributed by atoms with Crippen LogP contribution in [0.5, 0.6) is 0 Å². The van der Waals surface area contributed by atoms with E-state index in [4.69, 9.17) is 0 Å². The second-order valence-electron chi connectivity index (χ2n) is 7.55. The molecule has 3 heterocycles. The average Bonchev–Trinajstić information content (AvgIpc) is 3.51. The molecule has 2 aliphatic rings. The Labute approximate surface area is 169 Å². The Morgan fingerprint density at radius 1 is 1.28 bits per heavy atom. The van der Waals surface area contributed by atoms with Crippen molar-refractivity contribution in [2.24, 2.45) is 11.3 Å². The molecule has 1 saturated carbocycles. The molecule has 0 spiro atoms. The maximum atomic E-state index is 13.0. The van der Waals surface area contributed by atoms with E-state index in [-0.39, 0.29) is 17.7 Å². The number of nitriles is 1. The van der Waals surface area contributed by atoms with Crippen molar-refractivity contribution < 1.29 is 9.59 Å². The van der Waals surface area contributed by atoms with Crippen LogP contribution in [0.2, 0.25) is 0 Å². The van der Waals surface area contributed by atoms with Crippen LogP contribution in [0.25, 0.3) is 0 Å². The van der Waals surface area contributed by atoms with E-state index in [0.717, 1.165) is 24.1 Å². The first-order valence-electron chi connectivity index (χ1n) is 9.67. The minimum Gasteiger partial charge on any atom is -0.352 e. The van der Waals surface area contributed by atoms with Crippen LogP contribution in [0.1, 0.15) is 31.7 Å². The molecule has 2 amide bonds. The van der Waals surface area contributed by atoms with Crippen molar-refractivity contribution in [1.82, 2.24) is 15.3 Å². The summed E-state index contributed by atoms with van der Waals surface area (Å²) in [6.07, 6.45) is 5.78. The lowest BCUT2D eigenvalue weighted by atomic mass is 9.83. The SMILES string of the molecule is CC(=O)NCc1ccnc(Nc2cc(N3CC[C@@](C#N)(C4CC4)C3=O)ccn2)c1. The Hall–Kier alpha value is -3.47. The second-order valence-corrected chi connectivity index (χ2v) is 7.55. The molecule has 2 fully saturated rings. The van der Waals surface area contributed by atoms with E-state index >= 15 is 0 Å². The molecule has 4 rings (SSSR count). The Bertz CT molecular complexity index is 997. The number of carbonyl (C=O) groups is 2. The molecule has 2 aromatic heterocycles. The van der Waals surface area contributed by atoms with Gasteiger partial charge >= 0.3 is 0 Å². The molecular weight excluding hydrogens is 368 g/mol. The van der Waals surface area contributed by atoms with Gasteiger partial charge in [-0.15, -0.1) is 0 Å².